The molecule has 0 atom stereocenters. The minimum absolute atomic E-state index is 0.270. The Morgan fingerprint density at radius 1 is 0.833 bits per heavy atom. The van der Waals surface area contributed by atoms with Crippen molar-refractivity contribution in [1.82, 2.24) is 4.98 Å². The van der Waals surface area contributed by atoms with E-state index in [0.29, 0.717) is 39.7 Å². The third-order valence-corrected chi connectivity index (χ3v) is 4.60. The summed E-state index contributed by atoms with van der Waals surface area (Å²) in [5.41, 5.74) is 3.27. The molecule has 3 aromatic carbocycles. The lowest BCUT2D eigenvalue weighted by Gasteiger charge is -2.09. The van der Waals surface area contributed by atoms with E-state index in [1.54, 1.807) is 37.4 Å². The molecular weight excluding hydrogens is 384 g/mol. The van der Waals surface area contributed by atoms with Gasteiger partial charge in [-0.2, -0.15) is 0 Å². The molecule has 0 unspecified atom stereocenters. The van der Waals surface area contributed by atoms with Crippen LogP contribution < -0.4 is 19.5 Å². The number of hydrogen-bond donors (Lipinski definition) is 1. The maximum absolute atomic E-state index is 12.6. The van der Waals surface area contributed by atoms with Crippen LogP contribution in [0.1, 0.15) is 10.4 Å². The standard InChI is InChI=1S/C23H20N2O5/c1-27-17-8-9-21-20(13-17)25-23(30-21)14-4-6-16(7-5-14)24-22(26)15-10-18(28-2)12-19(11-15)29-3/h4-13H,1-3H3,(H,24,26). The van der Waals surface area contributed by atoms with Crippen LogP contribution in [0, 0.1) is 0 Å². The van der Waals surface area contributed by atoms with Gasteiger partial charge in [-0.05, 0) is 48.5 Å². The van der Waals surface area contributed by atoms with Crippen LogP contribution in [0.2, 0.25) is 0 Å². The largest absolute Gasteiger partial charge is 0.497 e. The second-order valence-electron chi connectivity index (χ2n) is 6.49. The van der Waals surface area contributed by atoms with Crippen LogP contribution in [0.3, 0.4) is 0 Å². The van der Waals surface area contributed by atoms with Gasteiger partial charge in [-0.3, -0.25) is 4.79 Å². The lowest BCUT2D eigenvalue weighted by Crippen LogP contribution is -2.12. The van der Waals surface area contributed by atoms with E-state index < -0.39 is 0 Å². The zero-order chi connectivity index (χ0) is 21.1. The number of anilines is 1. The number of nitrogens with zero attached hydrogens (tertiary/aromatic N) is 1. The van der Waals surface area contributed by atoms with Gasteiger partial charge >= 0.3 is 0 Å². The van der Waals surface area contributed by atoms with Gasteiger partial charge in [0, 0.05) is 28.9 Å². The molecule has 0 bridgehead atoms. The SMILES string of the molecule is COc1cc(OC)cc(C(=O)Nc2ccc(-c3nc4cc(OC)ccc4o3)cc2)c1. The van der Waals surface area contributed by atoms with E-state index in [1.807, 2.05) is 30.3 Å². The Kier molecular flexibility index (Phi) is 5.26. The molecule has 1 N–H and O–H groups in total. The van der Waals surface area contributed by atoms with E-state index in [-0.39, 0.29) is 5.91 Å². The van der Waals surface area contributed by atoms with Crippen molar-refractivity contribution in [3.63, 3.8) is 0 Å². The molecule has 30 heavy (non-hydrogen) atoms. The number of methoxy groups -OCH3 is 3. The summed E-state index contributed by atoms with van der Waals surface area (Å²) in [6, 6.07) is 17.7. The first kappa shape index (κ1) is 19.3. The van der Waals surface area contributed by atoms with E-state index in [1.165, 1.54) is 14.2 Å². The number of fused-ring (bicyclic) bond motifs is 1. The van der Waals surface area contributed by atoms with Crippen molar-refractivity contribution in [2.24, 2.45) is 0 Å². The zero-order valence-electron chi connectivity index (χ0n) is 16.8. The van der Waals surface area contributed by atoms with E-state index in [0.717, 1.165) is 11.3 Å². The first-order valence-electron chi connectivity index (χ1n) is 9.19. The topological polar surface area (TPSA) is 82.8 Å². The fraction of sp³-hybridized carbons (Fsp3) is 0.130. The number of aromatic nitrogens is 1. The van der Waals surface area contributed by atoms with Gasteiger partial charge in [0.05, 0.1) is 21.3 Å². The number of benzene rings is 3. The molecule has 0 spiro atoms. The molecule has 4 aromatic rings. The van der Waals surface area contributed by atoms with Gasteiger partial charge in [0.2, 0.25) is 5.89 Å². The molecule has 7 nitrogen and oxygen atoms in total. The van der Waals surface area contributed by atoms with Gasteiger partial charge in [0.15, 0.2) is 5.58 Å². The van der Waals surface area contributed by atoms with E-state index in [2.05, 4.69) is 10.3 Å². The molecule has 1 aromatic heterocycles. The molecule has 1 amide bonds. The number of oxazole rings is 1. The minimum atomic E-state index is -0.270. The van der Waals surface area contributed by atoms with Gasteiger partial charge in [-0.25, -0.2) is 4.98 Å². The Labute approximate surface area is 173 Å². The second kappa shape index (κ2) is 8.16. The highest BCUT2D eigenvalue weighted by Gasteiger charge is 2.12. The summed E-state index contributed by atoms with van der Waals surface area (Å²) in [6.07, 6.45) is 0. The monoisotopic (exact) mass is 404 g/mol. The highest BCUT2D eigenvalue weighted by atomic mass is 16.5. The van der Waals surface area contributed by atoms with Gasteiger partial charge < -0.3 is 23.9 Å². The van der Waals surface area contributed by atoms with Crippen molar-refractivity contribution < 1.29 is 23.4 Å². The smallest absolute Gasteiger partial charge is 0.255 e. The van der Waals surface area contributed by atoms with Crippen LogP contribution in [-0.4, -0.2) is 32.2 Å². The molecular formula is C23H20N2O5. The molecule has 0 aliphatic carbocycles. The van der Waals surface area contributed by atoms with Crippen LogP contribution in [-0.2, 0) is 0 Å². The number of nitrogens with one attached hydrogen (secondary N) is 1. The quantitative estimate of drug-likeness (QED) is 0.498. The summed E-state index contributed by atoms with van der Waals surface area (Å²) < 4.78 is 21.5. The molecule has 0 saturated heterocycles. The van der Waals surface area contributed by atoms with Crippen LogP contribution in [0.15, 0.2) is 65.1 Å². The van der Waals surface area contributed by atoms with Gasteiger partial charge in [0.1, 0.15) is 22.8 Å². The van der Waals surface area contributed by atoms with Crippen LogP contribution >= 0.6 is 0 Å². The first-order valence-corrected chi connectivity index (χ1v) is 9.19. The van der Waals surface area contributed by atoms with Crippen molar-refractivity contribution >= 4 is 22.7 Å². The van der Waals surface area contributed by atoms with Crippen molar-refractivity contribution in [2.75, 3.05) is 26.6 Å². The summed E-state index contributed by atoms with van der Waals surface area (Å²) in [5, 5.41) is 2.86. The summed E-state index contributed by atoms with van der Waals surface area (Å²) in [6.45, 7) is 0. The highest BCUT2D eigenvalue weighted by Crippen LogP contribution is 2.28. The van der Waals surface area contributed by atoms with Crippen molar-refractivity contribution in [1.29, 1.82) is 0 Å². The fourth-order valence-electron chi connectivity index (χ4n) is 3.00. The Morgan fingerprint density at radius 2 is 1.50 bits per heavy atom. The summed E-state index contributed by atoms with van der Waals surface area (Å²) in [4.78, 5) is 17.1. The molecule has 7 heteroatoms. The molecule has 0 radical (unpaired) electrons. The molecule has 0 aliphatic heterocycles. The van der Waals surface area contributed by atoms with Crippen LogP contribution in [0.25, 0.3) is 22.6 Å². The normalized spacial score (nSPS) is 10.6. The Balaban J connectivity index is 1.53. The van der Waals surface area contributed by atoms with E-state index in [4.69, 9.17) is 18.6 Å². The summed E-state index contributed by atoms with van der Waals surface area (Å²) in [5.74, 6) is 2.03. The average Bonchev–Trinajstić information content (AvgIpc) is 3.22. The molecule has 1 heterocycles. The van der Waals surface area contributed by atoms with Crippen molar-refractivity contribution in [2.45, 2.75) is 0 Å². The predicted molar refractivity (Wildman–Crippen MR) is 113 cm³/mol. The summed E-state index contributed by atoms with van der Waals surface area (Å²) >= 11 is 0. The number of amides is 1. The third kappa shape index (κ3) is 3.91. The number of carbonyl (C=O) groups excluding carboxylic acids is 1. The van der Waals surface area contributed by atoms with Crippen LogP contribution in [0.4, 0.5) is 5.69 Å². The predicted octanol–water partition coefficient (Wildman–Crippen LogP) is 4.77. The number of ether oxygens (including phenoxy) is 3. The highest BCUT2D eigenvalue weighted by molar-refractivity contribution is 6.04. The Morgan fingerprint density at radius 3 is 2.13 bits per heavy atom. The number of rotatable bonds is 6. The van der Waals surface area contributed by atoms with Gasteiger partial charge in [-0.1, -0.05) is 0 Å². The third-order valence-electron chi connectivity index (χ3n) is 4.60. The van der Waals surface area contributed by atoms with Crippen LogP contribution in [0.5, 0.6) is 17.2 Å². The minimum Gasteiger partial charge on any atom is -0.497 e. The second-order valence-corrected chi connectivity index (χ2v) is 6.49. The maximum Gasteiger partial charge on any atom is 0.255 e. The average molecular weight is 404 g/mol. The van der Waals surface area contributed by atoms with Crippen molar-refractivity contribution in [3.05, 3.63) is 66.2 Å². The fourth-order valence-corrected chi connectivity index (χ4v) is 3.00. The lowest BCUT2D eigenvalue weighted by molar-refractivity contribution is 0.102. The number of carbonyl (C=O) groups is 1. The molecule has 4 rings (SSSR count). The zero-order valence-corrected chi connectivity index (χ0v) is 16.8. The molecule has 0 saturated carbocycles. The Hall–Kier alpha value is -4.00. The Bertz CT molecular complexity index is 1180. The van der Waals surface area contributed by atoms with E-state index >= 15 is 0 Å². The molecule has 0 fully saturated rings. The van der Waals surface area contributed by atoms with Crippen molar-refractivity contribution in [3.8, 4) is 28.7 Å². The van der Waals surface area contributed by atoms with E-state index in [9.17, 15) is 4.79 Å². The molecule has 0 aliphatic rings. The first-order chi connectivity index (χ1) is 14.6. The van der Waals surface area contributed by atoms with Gasteiger partial charge in [-0.15, -0.1) is 0 Å². The lowest BCUT2D eigenvalue weighted by atomic mass is 10.1. The summed E-state index contributed by atoms with van der Waals surface area (Å²) in [7, 11) is 4.69. The maximum atomic E-state index is 12.6. The number of hydrogen-bond acceptors (Lipinski definition) is 6. The van der Waals surface area contributed by atoms with Gasteiger partial charge in [0.25, 0.3) is 5.91 Å². The molecule has 152 valence electrons.